The van der Waals surface area contributed by atoms with Crippen LogP contribution in [-0.2, 0) is 4.74 Å². The molecule has 0 heterocycles. The molecule has 0 saturated heterocycles. The van der Waals surface area contributed by atoms with E-state index in [1.165, 1.54) is 12.8 Å². The van der Waals surface area contributed by atoms with E-state index in [2.05, 4.69) is 26.8 Å². The van der Waals surface area contributed by atoms with Gasteiger partial charge in [-0.1, -0.05) is 38.0 Å². The third-order valence-corrected chi connectivity index (χ3v) is 6.42. The molecule has 2 bridgehead atoms. The summed E-state index contributed by atoms with van der Waals surface area (Å²) in [4.78, 5) is 12.5. The van der Waals surface area contributed by atoms with Crippen LogP contribution in [0.3, 0.4) is 0 Å². The van der Waals surface area contributed by atoms with Crippen LogP contribution in [0.1, 0.15) is 61.5 Å². The number of hydrogen-bond acceptors (Lipinski definition) is 2. The SMILES string of the molecule is Cc1cc(C)cc(C(=O)OC2CC3CCC2(C)C3(C)C)c1. The molecule has 0 spiro atoms. The number of carbonyl (C=O) groups excluding carboxylic acids is 1. The fraction of sp³-hybridized carbons (Fsp3) is 0.632. The van der Waals surface area contributed by atoms with Gasteiger partial charge in [-0.15, -0.1) is 0 Å². The van der Waals surface area contributed by atoms with Gasteiger partial charge in [0.25, 0.3) is 0 Å². The number of carbonyl (C=O) groups is 1. The van der Waals surface area contributed by atoms with Crippen molar-refractivity contribution in [1.29, 1.82) is 0 Å². The number of esters is 1. The molecule has 1 aromatic carbocycles. The van der Waals surface area contributed by atoms with Crippen molar-refractivity contribution in [1.82, 2.24) is 0 Å². The molecule has 0 radical (unpaired) electrons. The first-order valence-electron chi connectivity index (χ1n) is 8.03. The van der Waals surface area contributed by atoms with Gasteiger partial charge >= 0.3 is 5.97 Å². The number of aryl methyl sites for hydroxylation is 2. The predicted octanol–water partition coefficient (Wildman–Crippen LogP) is 4.68. The van der Waals surface area contributed by atoms with E-state index >= 15 is 0 Å². The maximum Gasteiger partial charge on any atom is 0.338 e. The number of hydrogen-bond donors (Lipinski definition) is 0. The van der Waals surface area contributed by atoms with Crippen molar-refractivity contribution in [2.45, 2.75) is 60.0 Å². The van der Waals surface area contributed by atoms with Crippen LogP contribution in [0.25, 0.3) is 0 Å². The predicted molar refractivity (Wildman–Crippen MR) is 84.3 cm³/mol. The number of fused-ring (bicyclic) bond motifs is 2. The van der Waals surface area contributed by atoms with E-state index in [0.29, 0.717) is 11.5 Å². The third kappa shape index (κ3) is 2.11. The summed E-state index contributed by atoms with van der Waals surface area (Å²) in [6.45, 7) is 11.0. The zero-order valence-corrected chi connectivity index (χ0v) is 13.8. The van der Waals surface area contributed by atoms with Gasteiger partial charge in [0, 0.05) is 5.41 Å². The molecule has 2 nitrogen and oxygen atoms in total. The first-order chi connectivity index (χ1) is 9.74. The molecule has 0 amide bonds. The summed E-state index contributed by atoms with van der Waals surface area (Å²) in [6, 6.07) is 5.94. The highest BCUT2D eigenvalue weighted by Gasteiger charge is 2.62. The van der Waals surface area contributed by atoms with Crippen molar-refractivity contribution in [2.75, 3.05) is 0 Å². The van der Waals surface area contributed by atoms with E-state index in [1.807, 2.05) is 26.0 Å². The minimum atomic E-state index is -0.156. The topological polar surface area (TPSA) is 26.3 Å². The summed E-state index contributed by atoms with van der Waals surface area (Å²) in [5.74, 6) is 0.538. The smallest absolute Gasteiger partial charge is 0.338 e. The average molecular weight is 286 g/mol. The molecule has 114 valence electrons. The van der Waals surface area contributed by atoms with E-state index in [9.17, 15) is 4.79 Å². The molecule has 21 heavy (non-hydrogen) atoms. The lowest BCUT2D eigenvalue weighted by atomic mass is 9.70. The molecule has 3 unspecified atom stereocenters. The summed E-state index contributed by atoms with van der Waals surface area (Å²) in [5.41, 5.74) is 3.33. The number of rotatable bonds is 2. The molecule has 0 aromatic heterocycles. The highest BCUT2D eigenvalue weighted by Crippen LogP contribution is 2.66. The highest BCUT2D eigenvalue weighted by molar-refractivity contribution is 5.90. The minimum absolute atomic E-state index is 0.0690. The Morgan fingerprint density at radius 1 is 1.14 bits per heavy atom. The molecule has 3 atom stereocenters. The second kappa shape index (κ2) is 4.59. The Labute approximate surface area is 127 Å². The summed E-state index contributed by atoms with van der Waals surface area (Å²) < 4.78 is 5.94. The van der Waals surface area contributed by atoms with Crippen molar-refractivity contribution in [3.63, 3.8) is 0 Å². The number of ether oxygens (including phenoxy) is 1. The van der Waals surface area contributed by atoms with Gasteiger partial charge in [-0.2, -0.15) is 0 Å². The second-order valence-electron chi connectivity index (χ2n) is 7.88. The largest absolute Gasteiger partial charge is 0.458 e. The maximum absolute atomic E-state index is 12.5. The van der Waals surface area contributed by atoms with E-state index < -0.39 is 0 Å². The first kappa shape index (κ1) is 14.6. The van der Waals surface area contributed by atoms with Gasteiger partial charge in [0.2, 0.25) is 0 Å². The average Bonchev–Trinajstić information content (AvgIpc) is 2.70. The molecule has 0 aliphatic heterocycles. The molecular weight excluding hydrogens is 260 g/mol. The Hall–Kier alpha value is -1.31. The van der Waals surface area contributed by atoms with Gasteiger partial charge in [0.1, 0.15) is 6.10 Å². The molecule has 2 aliphatic carbocycles. The van der Waals surface area contributed by atoms with Gasteiger partial charge in [0.15, 0.2) is 0 Å². The lowest BCUT2D eigenvalue weighted by Crippen LogP contribution is -2.38. The van der Waals surface area contributed by atoms with Crippen molar-refractivity contribution < 1.29 is 9.53 Å². The normalized spacial score (nSPS) is 33.2. The third-order valence-electron chi connectivity index (χ3n) is 6.42. The van der Waals surface area contributed by atoms with Gasteiger partial charge in [-0.3, -0.25) is 0 Å². The van der Waals surface area contributed by atoms with Crippen molar-refractivity contribution in [2.24, 2.45) is 16.7 Å². The Bertz CT molecular complexity index is 567. The van der Waals surface area contributed by atoms with E-state index in [1.54, 1.807) is 0 Å². The fourth-order valence-electron chi connectivity index (χ4n) is 4.60. The fourth-order valence-corrected chi connectivity index (χ4v) is 4.60. The van der Waals surface area contributed by atoms with E-state index in [4.69, 9.17) is 4.74 Å². The van der Waals surface area contributed by atoms with Crippen LogP contribution in [0.4, 0.5) is 0 Å². The minimum Gasteiger partial charge on any atom is -0.458 e. The molecule has 0 N–H and O–H groups in total. The lowest BCUT2D eigenvalue weighted by molar-refractivity contribution is -0.0242. The van der Waals surface area contributed by atoms with Crippen LogP contribution < -0.4 is 0 Å². The molecule has 2 saturated carbocycles. The molecule has 1 aromatic rings. The Morgan fingerprint density at radius 2 is 1.76 bits per heavy atom. The summed E-state index contributed by atoms with van der Waals surface area (Å²) in [7, 11) is 0. The summed E-state index contributed by atoms with van der Waals surface area (Å²) in [6.07, 6.45) is 3.55. The van der Waals surface area contributed by atoms with Crippen LogP contribution >= 0.6 is 0 Å². The monoisotopic (exact) mass is 286 g/mol. The molecular formula is C19H26O2. The van der Waals surface area contributed by atoms with Crippen molar-refractivity contribution in [3.05, 3.63) is 34.9 Å². The highest BCUT2D eigenvalue weighted by atomic mass is 16.5. The Kier molecular flexibility index (Phi) is 3.20. The van der Waals surface area contributed by atoms with Crippen LogP contribution in [0.2, 0.25) is 0 Å². The zero-order valence-electron chi connectivity index (χ0n) is 13.8. The van der Waals surface area contributed by atoms with Gasteiger partial charge in [-0.25, -0.2) is 4.79 Å². The van der Waals surface area contributed by atoms with Gasteiger partial charge in [-0.05, 0) is 56.6 Å². The van der Waals surface area contributed by atoms with Crippen LogP contribution in [0.15, 0.2) is 18.2 Å². The standard InChI is InChI=1S/C19H26O2/c1-12-8-13(2)10-14(9-12)17(20)21-16-11-15-6-7-19(16,5)18(15,3)4/h8-10,15-16H,6-7,11H2,1-5H3. The molecule has 3 rings (SSSR count). The van der Waals surface area contributed by atoms with Gasteiger partial charge in [0.05, 0.1) is 5.56 Å². The van der Waals surface area contributed by atoms with Gasteiger partial charge < -0.3 is 4.74 Å². The quantitative estimate of drug-likeness (QED) is 0.738. The van der Waals surface area contributed by atoms with Crippen molar-refractivity contribution >= 4 is 5.97 Å². The van der Waals surface area contributed by atoms with Crippen LogP contribution in [0.5, 0.6) is 0 Å². The molecule has 2 fully saturated rings. The maximum atomic E-state index is 12.5. The van der Waals surface area contributed by atoms with Crippen molar-refractivity contribution in [3.8, 4) is 0 Å². The Morgan fingerprint density at radius 3 is 2.24 bits per heavy atom. The van der Waals surface area contributed by atoms with Crippen LogP contribution in [-0.4, -0.2) is 12.1 Å². The molecule has 2 heteroatoms. The summed E-state index contributed by atoms with van der Waals surface area (Å²) in [5, 5.41) is 0. The van der Waals surface area contributed by atoms with E-state index in [-0.39, 0.29) is 22.9 Å². The van der Waals surface area contributed by atoms with Crippen LogP contribution in [0, 0.1) is 30.6 Å². The molecule has 2 aliphatic rings. The van der Waals surface area contributed by atoms with E-state index in [0.717, 1.165) is 17.5 Å². The number of benzene rings is 1. The first-order valence-corrected chi connectivity index (χ1v) is 8.03. The second-order valence-corrected chi connectivity index (χ2v) is 7.88. The summed E-state index contributed by atoms with van der Waals surface area (Å²) >= 11 is 0. The lowest BCUT2D eigenvalue weighted by Gasteiger charge is -2.38. The zero-order chi connectivity index (χ0) is 15.4. The Balaban J connectivity index is 1.80.